The molecule has 0 saturated carbocycles. The van der Waals surface area contributed by atoms with E-state index in [0.717, 1.165) is 0 Å². The van der Waals surface area contributed by atoms with E-state index >= 15 is 0 Å². The Bertz CT molecular complexity index is 827. The predicted molar refractivity (Wildman–Crippen MR) is 98.0 cm³/mol. The molecule has 26 heavy (non-hydrogen) atoms. The molecule has 2 aliphatic rings. The highest BCUT2D eigenvalue weighted by atomic mass is 32.2. The molecule has 0 bridgehead atoms. The largest absolute Gasteiger partial charge is 0.491 e. The Hall–Kier alpha value is -1.16. The minimum atomic E-state index is -3.77. The second-order valence-corrected chi connectivity index (χ2v) is 11.3. The molecule has 2 heterocycles. The number of sulfone groups is 2. The fraction of sp³-hybridized carbons (Fsp3) is 0.647. The van der Waals surface area contributed by atoms with Gasteiger partial charge in [-0.3, -0.25) is 4.90 Å². The second-order valence-electron chi connectivity index (χ2n) is 7.01. The van der Waals surface area contributed by atoms with Crippen molar-refractivity contribution in [2.24, 2.45) is 0 Å². The van der Waals surface area contributed by atoms with Crippen molar-refractivity contribution in [3.8, 4) is 5.75 Å². The van der Waals surface area contributed by atoms with Crippen molar-refractivity contribution in [3.05, 3.63) is 24.3 Å². The zero-order chi connectivity index (χ0) is 18.9. The van der Waals surface area contributed by atoms with Crippen molar-refractivity contribution in [1.29, 1.82) is 0 Å². The molecule has 0 unspecified atom stereocenters. The summed E-state index contributed by atoms with van der Waals surface area (Å²) in [5.74, 6) is 0.135. The summed E-state index contributed by atoms with van der Waals surface area (Å²) < 4.78 is 61.6. The first-order chi connectivity index (χ1) is 12.2. The maximum atomic E-state index is 13.1. The van der Waals surface area contributed by atoms with Gasteiger partial charge in [0.15, 0.2) is 19.7 Å². The molecule has 0 N–H and O–H groups in total. The van der Waals surface area contributed by atoms with Crippen LogP contribution in [0.4, 0.5) is 0 Å². The van der Waals surface area contributed by atoms with Gasteiger partial charge in [0.2, 0.25) is 0 Å². The summed E-state index contributed by atoms with van der Waals surface area (Å²) in [7, 11) is -7.17. The fourth-order valence-corrected chi connectivity index (χ4v) is 8.33. The van der Waals surface area contributed by atoms with E-state index in [0.29, 0.717) is 32.1 Å². The molecule has 0 aromatic heterocycles. The molecule has 7 nitrogen and oxygen atoms in total. The molecular weight excluding hydrogens is 378 g/mol. The van der Waals surface area contributed by atoms with Crippen LogP contribution in [0.2, 0.25) is 0 Å². The summed E-state index contributed by atoms with van der Waals surface area (Å²) in [6.07, 6.45) is -0.0110. The topological polar surface area (TPSA) is 90.0 Å². The predicted octanol–water partition coefficient (Wildman–Crippen LogP) is 0.745. The normalized spacial score (nSPS) is 26.9. The van der Waals surface area contributed by atoms with E-state index in [1.54, 1.807) is 12.1 Å². The number of morpholine rings is 1. The van der Waals surface area contributed by atoms with E-state index in [-0.39, 0.29) is 22.5 Å². The lowest BCUT2D eigenvalue weighted by atomic mass is 10.2. The molecule has 2 aliphatic heterocycles. The summed E-state index contributed by atoms with van der Waals surface area (Å²) in [6, 6.07) is 5.68. The van der Waals surface area contributed by atoms with Crippen LogP contribution in [0.5, 0.6) is 5.75 Å². The van der Waals surface area contributed by atoms with Gasteiger partial charge in [-0.25, -0.2) is 16.8 Å². The van der Waals surface area contributed by atoms with Crippen molar-refractivity contribution < 1.29 is 26.3 Å². The van der Waals surface area contributed by atoms with E-state index < -0.39 is 31.0 Å². The Morgan fingerprint density at radius 3 is 2.31 bits per heavy atom. The van der Waals surface area contributed by atoms with Crippen LogP contribution in [0.25, 0.3) is 0 Å². The van der Waals surface area contributed by atoms with Gasteiger partial charge < -0.3 is 9.47 Å². The van der Waals surface area contributed by atoms with Gasteiger partial charge in [0, 0.05) is 19.1 Å². The third-order valence-corrected chi connectivity index (χ3v) is 8.84. The molecule has 0 aliphatic carbocycles. The summed E-state index contributed by atoms with van der Waals surface area (Å²) in [5, 5.41) is -0.956. The number of rotatable bonds is 5. The second kappa shape index (κ2) is 7.46. The molecule has 1 aromatic rings. The third-order valence-electron chi connectivity index (χ3n) is 4.71. The first-order valence-corrected chi connectivity index (χ1v) is 12.1. The third kappa shape index (κ3) is 4.21. The molecule has 9 heteroatoms. The van der Waals surface area contributed by atoms with Crippen LogP contribution in [0.3, 0.4) is 0 Å². The van der Waals surface area contributed by atoms with Gasteiger partial charge in [0.1, 0.15) is 5.75 Å². The molecule has 0 amide bonds. The summed E-state index contributed by atoms with van der Waals surface area (Å²) in [5.41, 5.74) is 0. The lowest BCUT2D eigenvalue weighted by Crippen LogP contribution is -2.50. The highest BCUT2D eigenvalue weighted by Gasteiger charge is 2.48. The molecule has 3 rings (SSSR count). The van der Waals surface area contributed by atoms with Crippen LogP contribution in [0, 0.1) is 0 Å². The van der Waals surface area contributed by atoms with E-state index in [1.807, 2.05) is 18.7 Å². The molecule has 146 valence electrons. The minimum Gasteiger partial charge on any atom is -0.491 e. The van der Waals surface area contributed by atoms with Crippen LogP contribution in [0.15, 0.2) is 29.2 Å². The lowest BCUT2D eigenvalue weighted by molar-refractivity contribution is 0.0222. The van der Waals surface area contributed by atoms with E-state index in [9.17, 15) is 16.8 Å². The van der Waals surface area contributed by atoms with Crippen LogP contribution >= 0.6 is 0 Å². The van der Waals surface area contributed by atoms with Gasteiger partial charge in [-0.1, -0.05) is 0 Å². The molecule has 2 saturated heterocycles. The molecule has 2 fully saturated rings. The minimum absolute atomic E-state index is 0.0110. The van der Waals surface area contributed by atoms with Crippen molar-refractivity contribution in [1.82, 2.24) is 4.90 Å². The highest BCUT2D eigenvalue weighted by molar-refractivity contribution is 7.96. The average Bonchev–Trinajstić information content (AvgIpc) is 2.92. The van der Waals surface area contributed by atoms with Gasteiger partial charge in [-0.05, 0) is 38.1 Å². The lowest BCUT2D eigenvalue weighted by Gasteiger charge is -2.34. The Labute approximate surface area is 155 Å². The molecule has 0 spiro atoms. The van der Waals surface area contributed by atoms with E-state index in [2.05, 4.69) is 0 Å². The molecular formula is C17H25NO6S2. The Morgan fingerprint density at radius 1 is 1.12 bits per heavy atom. The standard InChI is InChI=1S/C17H25NO6S2/c1-13(2)24-14-3-5-15(6-4-14)26(21,22)17-12-25(19,20)11-16(17)18-7-9-23-10-8-18/h3-6,13,16-17H,7-12H2,1-2H3/t16-,17-/m0/s1. The molecule has 2 atom stereocenters. The Morgan fingerprint density at radius 2 is 1.73 bits per heavy atom. The number of benzene rings is 1. The number of hydrogen-bond acceptors (Lipinski definition) is 7. The number of nitrogens with zero attached hydrogens (tertiary/aromatic N) is 1. The summed E-state index contributed by atoms with van der Waals surface area (Å²) in [4.78, 5) is 2.07. The van der Waals surface area contributed by atoms with Gasteiger partial charge in [-0.2, -0.15) is 0 Å². The monoisotopic (exact) mass is 403 g/mol. The number of ether oxygens (including phenoxy) is 2. The smallest absolute Gasteiger partial charge is 0.183 e. The van der Waals surface area contributed by atoms with Crippen molar-refractivity contribution >= 4 is 19.7 Å². The van der Waals surface area contributed by atoms with Gasteiger partial charge >= 0.3 is 0 Å². The quantitative estimate of drug-likeness (QED) is 0.716. The van der Waals surface area contributed by atoms with E-state index in [1.165, 1.54) is 12.1 Å². The maximum Gasteiger partial charge on any atom is 0.183 e. The first-order valence-electron chi connectivity index (χ1n) is 8.72. The van der Waals surface area contributed by atoms with Gasteiger partial charge in [-0.15, -0.1) is 0 Å². The average molecular weight is 404 g/mol. The maximum absolute atomic E-state index is 13.1. The van der Waals surface area contributed by atoms with Gasteiger partial charge in [0.25, 0.3) is 0 Å². The zero-order valence-corrected chi connectivity index (χ0v) is 16.6. The Kier molecular flexibility index (Phi) is 5.62. The SMILES string of the molecule is CC(C)Oc1ccc(S(=O)(=O)[C@H]2CS(=O)(=O)C[C@@H]2N2CCOCC2)cc1. The van der Waals surface area contributed by atoms with E-state index in [4.69, 9.17) is 9.47 Å². The summed E-state index contributed by atoms with van der Waals surface area (Å²) >= 11 is 0. The molecule has 1 aromatic carbocycles. The fourth-order valence-electron chi connectivity index (χ4n) is 3.50. The molecule has 0 radical (unpaired) electrons. The van der Waals surface area contributed by atoms with Crippen LogP contribution in [0.1, 0.15) is 13.8 Å². The van der Waals surface area contributed by atoms with Crippen LogP contribution in [-0.4, -0.2) is 76.9 Å². The van der Waals surface area contributed by atoms with Crippen molar-refractivity contribution in [2.45, 2.75) is 36.1 Å². The number of hydrogen-bond donors (Lipinski definition) is 0. The van der Waals surface area contributed by atoms with Crippen molar-refractivity contribution in [3.63, 3.8) is 0 Å². The van der Waals surface area contributed by atoms with Crippen molar-refractivity contribution in [2.75, 3.05) is 37.8 Å². The Balaban J connectivity index is 1.88. The zero-order valence-electron chi connectivity index (χ0n) is 15.0. The van der Waals surface area contributed by atoms with Crippen LogP contribution < -0.4 is 4.74 Å². The van der Waals surface area contributed by atoms with Gasteiger partial charge in [0.05, 0.1) is 41.0 Å². The van der Waals surface area contributed by atoms with Crippen LogP contribution in [-0.2, 0) is 24.4 Å². The first kappa shape index (κ1) is 19.6. The highest BCUT2D eigenvalue weighted by Crippen LogP contribution is 2.30. The summed E-state index contributed by atoms with van der Waals surface area (Å²) in [6.45, 7) is 5.86.